The smallest absolute Gasteiger partial charge is 0.330 e. The number of terminal acetylenes is 1. The highest BCUT2D eigenvalue weighted by Crippen LogP contribution is 2.46. The Labute approximate surface area is 200 Å². The third-order valence-corrected chi connectivity index (χ3v) is 5.19. The number of ether oxygens (including phenoxy) is 3. The van der Waals surface area contributed by atoms with E-state index in [1.54, 1.807) is 24.3 Å². The van der Waals surface area contributed by atoms with Crippen molar-refractivity contribution < 1.29 is 24.1 Å². The first-order valence-electron chi connectivity index (χ1n) is 10.6. The fourth-order valence-corrected chi connectivity index (χ4v) is 3.51. The summed E-state index contributed by atoms with van der Waals surface area (Å²) in [7, 11) is 0. The molecule has 1 atom stereocenters. The number of carbonyl (C=O) groups excluding carboxylic acids is 1. The van der Waals surface area contributed by atoms with Crippen molar-refractivity contribution in [2.24, 2.45) is 0 Å². The van der Waals surface area contributed by atoms with E-state index in [9.17, 15) is 9.90 Å². The highest BCUT2D eigenvalue weighted by Gasteiger charge is 2.28. The first-order chi connectivity index (χ1) is 16.3. The number of hydrogen-bond donors (Lipinski definition) is 1. The van der Waals surface area contributed by atoms with Gasteiger partial charge in [0.25, 0.3) is 0 Å². The molecule has 5 heteroatoms. The number of aromatic hydroxyl groups is 1. The molecule has 0 saturated heterocycles. The van der Waals surface area contributed by atoms with E-state index < -0.39 is 5.97 Å². The van der Waals surface area contributed by atoms with Gasteiger partial charge in [0, 0.05) is 18.1 Å². The van der Waals surface area contributed by atoms with Gasteiger partial charge in [-0.2, -0.15) is 0 Å². The molecule has 0 aromatic heterocycles. The minimum atomic E-state index is -0.462. The van der Waals surface area contributed by atoms with Crippen molar-refractivity contribution >= 4 is 5.97 Å². The Kier molecular flexibility index (Phi) is 7.79. The second-order valence-electron chi connectivity index (χ2n) is 7.54. The quantitative estimate of drug-likeness (QED) is 0.116. The Morgan fingerprint density at radius 3 is 2.41 bits per heavy atom. The largest absolute Gasteiger partial charge is 0.508 e. The molecule has 0 bridgehead atoms. The number of carbonyl (C=O) groups is 1. The molecule has 0 radical (unpaired) electrons. The van der Waals surface area contributed by atoms with E-state index in [0.29, 0.717) is 35.9 Å². The van der Waals surface area contributed by atoms with E-state index in [2.05, 4.69) is 32.2 Å². The molecule has 0 heterocycles. The molecule has 3 rings (SSSR count). The molecule has 1 unspecified atom stereocenters. The summed E-state index contributed by atoms with van der Waals surface area (Å²) in [4.78, 5) is 11.0. The van der Waals surface area contributed by atoms with E-state index in [-0.39, 0.29) is 18.3 Å². The lowest BCUT2D eigenvalue weighted by Gasteiger charge is -2.12. The summed E-state index contributed by atoms with van der Waals surface area (Å²) in [5.41, 5.74) is 4.41. The van der Waals surface area contributed by atoms with Crippen molar-refractivity contribution in [2.75, 3.05) is 13.2 Å². The Bertz CT molecular complexity index is 1230. The minimum absolute atomic E-state index is 0.182. The highest BCUT2D eigenvalue weighted by atomic mass is 16.5. The first-order valence-corrected chi connectivity index (χ1v) is 10.6. The predicted molar refractivity (Wildman–Crippen MR) is 133 cm³/mol. The van der Waals surface area contributed by atoms with Crippen LogP contribution < -0.4 is 4.74 Å². The molecular formula is C29H26O5. The number of allylic oxidation sites excluding steroid dienone is 2. The van der Waals surface area contributed by atoms with Gasteiger partial charge in [-0.1, -0.05) is 44.4 Å². The minimum Gasteiger partial charge on any atom is -0.508 e. The number of hydrogen-bond acceptors (Lipinski definition) is 5. The van der Waals surface area contributed by atoms with Gasteiger partial charge in [-0.15, -0.1) is 6.42 Å². The van der Waals surface area contributed by atoms with Gasteiger partial charge in [0.2, 0.25) is 0 Å². The second kappa shape index (κ2) is 10.9. The summed E-state index contributed by atoms with van der Waals surface area (Å²) in [5.74, 6) is 3.64. The molecule has 1 aliphatic carbocycles. The summed E-state index contributed by atoms with van der Waals surface area (Å²) in [5, 5.41) is 9.86. The Balaban J connectivity index is 1.55. The first kappa shape index (κ1) is 24.2. The molecule has 0 fully saturated rings. The van der Waals surface area contributed by atoms with Gasteiger partial charge < -0.3 is 19.3 Å². The lowest BCUT2D eigenvalue weighted by atomic mass is 9.98. The Hall–Kier alpha value is -4.43. The number of fused-ring (bicyclic) bond motifs is 3. The maximum absolute atomic E-state index is 11.0. The monoisotopic (exact) mass is 454 g/mol. The predicted octanol–water partition coefficient (Wildman–Crippen LogP) is 5.79. The van der Waals surface area contributed by atoms with Gasteiger partial charge in [-0.3, -0.25) is 0 Å². The molecule has 1 N–H and O–H groups in total. The van der Waals surface area contributed by atoms with Gasteiger partial charge in [0.1, 0.15) is 23.0 Å². The molecule has 0 spiro atoms. The average molecular weight is 455 g/mol. The SMILES string of the molecule is C#CC1c2cc(O)ccc2-c2ccc(OC(=C)C(=C)/C=C\C(=C)OCCCOC(=O)C=C)cc21. The third kappa shape index (κ3) is 5.67. The van der Waals surface area contributed by atoms with Crippen molar-refractivity contribution in [3.8, 4) is 35.0 Å². The number of rotatable bonds is 11. The summed E-state index contributed by atoms with van der Waals surface area (Å²) < 4.78 is 16.3. The van der Waals surface area contributed by atoms with Crippen LogP contribution in [0.15, 0.2) is 98.0 Å². The lowest BCUT2D eigenvalue weighted by Crippen LogP contribution is -2.04. The van der Waals surface area contributed by atoms with E-state index in [4.69, 9.17) is 20.6 Å². The van der Waals surface area contributed by atoms with Crippen molar-refractivity contribution in [3.63, 3.8) is 0 Å². The van der Waals surface area contributed by atoms with Gasteiger partial charge in [0.05, 0.1) is 19.1 Å². The fourth-order valence-electron chi connectivity index (χ4n) is 3.51. The van der Waals surface area contributed by atoms with Crippen molar-refractivity contribution in [1.29, 1.82) is 0 Å². The van der Waals surface area contributed by atoms with Crippen LogP contribution in [0.5, 0.6) is 11.5 Å². The topological polar surface area (TPSA) is 65.0 Å². The van der Waals surface area contributed by atoms with E-state index in [1.807, 2.05) is 24.3 Å². The van der Waals surface area contributed by atoms with Gasteiger partial charge >= 0.3 is 5.97 Å². The van der Waals surface area contributed by atoms with Crippen molar-refractivity contribution in [3.05, 3.63) is 109 Å². The third-order valence-electron chi connectivity index (χ3n) is 5.19. The molecule has 2 aromatic rings. The Morgan fingerprint density at radius 2 is 1.71 bits per heavy atom. The normalized spacial score (nSPS) is 13.3. The zero-order chi connectivity index (χ0) is 24.7. The van der Waals surface area contributed by atoms with Crippen LogP contribution in [-0.4, -0.2) is 24.3 Å². The molecule has 5 nitrogen and oxygen atoms in total. The van der Waals surface area contributed by atoms with Gasteiger partial charge in [0.15, 0.2) is 0 Å². The van der Waals surface area contributed by atoms with Gasteiger partial charge in [-0.25, -0.2) is 4.79 Å². The fraction of sp³-hybridized carbons (Fsp3) is 0.138. The maximum atomic E-state index is 11.0. The summed E-state index contributed by atoms with van der Waals surface area (Å²) in [6.07, 6.45) is 10.8. The Morgan fingerprint density at radius 1 is 1.03 bits per heavy atom. The summed E-state index contributed by atoms with van der Waals surface area (Å²) in [6.45, 7) is 15.7. The van der Waals surface area contributed by atoms with Crippen molar-refractivity contribution in [2.45, 2.75) is 12.3 Å². The van der Waals surface area contributed by atoms with Crippen LogP contribution in [0.25, 0.3) is 11.1 Å². The number of phenols is 1. The standard InChI is InChI=1S/C29H26O5/c1-6-24-27-17-22(30)11-13-25(27)26-14-12-23(18-28(24)26)34-21(5)19(3)9-10-20(4)32-15-8-16-33-29(31)7-2/h1,7,9-14,17-18,24,30H,2-5,8,15-16H2/b10-9-. The maximum Gasteiger partial charge on any atom is 0.330 e. The lowest BCUT2D eigenvalue weighted by molar-refractivity contribution is -0.138. The number of benzene rings is 2. The van der Waals surface area contributed by atoms with Crippen LogP contribution in [0.1, 0.15) is 23.5 Å². The molecule has 0 aliphatic heterocycles. The average Bonchev–Trinajstić information content (AvgIpc) is 3.13. The van der Waals surface area contributed by atoms with Gasteiger partial charge in [-0.05, 0) is 58.7 Å². The molecular weight excluding hydrogens is 428 g/mol. The van der Waals surface area contributed by atoms with E-state index in [1.165, 1.54) is 0 Å². The summed E-state index contributed by atoms with van der Waals surface area (Å²) in [6, 6.07) is 10.9. The van der Waals surface area contributed by atoms with Crippen LogP contribution >= 0.6 is 0 Å². The number of esters is 1. The highest BCUT2D eigenvalue weighted by molar-refractivity contribution is 5.82. The van der Waals surface area contributed by atoms with Crippen molar-refractivity contribution in [1.82, 2.24) is 0 Å². The molecule has 2 aromatic carbocycles. The van der Waals surface area contributed by atoms with E-state index in [0.717, 1.165) is 28.3 Å². The van der Waals surface area contributed by atoms with Crippen LogP contribution in [0.3, 0.4) is 0 Å². The van der Waals surface area contributed by atoms with Crippen LogP contribution in [0, 0.1) is 12.3 Å². The molecule has 172 valence electrons. The molecule has 34 heavy (non-hydrogen) atoms. The molecule has 0 amide bonds. The molecule has 1 aliphatic rings. The van der Waals surface area contributed by atoms with E-state index >= 15 is 0 Å². The van der Waals surface area contributed by atoms with Crippen LogP contribution in [0.4, 0.5) is 0 Å². The van der Waals surface area contributed by atoms with Crippen LogP contribution in [-0.2, 0) is 14.3 Å². The molecule has 0 saturated carbocycles. The number of phenolic OH excluding ortho intramolecular Hbond substituents is 1. The second-order valence-corrected chi connectivity index (χ2v) is 7.54. The zero-order valence-electron chi connectivity index (χ0n) is 18.9. The summed E-state index contributed by atoms with van der Waals surface area (Å²) >= 11 is 0. The van der Waals surface area contributed by atoms with Crippen LogP contribution in [0.2, 0.25) is 0 Å². The zero-order valence-corrected chi connectivity index (χ0v) is 18.9.